The van der Waals surface area contributed by atoms with Crippen LogP contribution in [-0.4, -0.2) is 26.1 Å². The van der Waals surface area contributed by atoms with Crippen LogP contribution in [-0.2, 0) is 6.42 Å². The van der Waals surface area contributed by atoms with Gasteiger partial charge in [0, 0.05) is 0 Å². The van der Waals surface area contributed by atoms with Gasteiger partial charge < -0.3 is 5.11 Å². The Morgan fingerprint density at radius 1 is 1.32 bits per heavy atom. The first-order chi connectivity index (χ1) is 8.97. The van der Waals surface area contributed by atoms with Crippen LogP contribution in [0.1, 0.15) is 23.1 Å². The number of carboxylic acid groups (broad SMARTS) is 1. The van der Waals surface area contributed by atoms with Crippen molar-refractivity contribution < 1.29 is 23.1 Å². The number of carboxylic acids is 1. The van der Waals surface area contributed by atoms with Gasteiger partial charge in [0.25, 0.3) is 0 Å². The molecule has 0 radical (unpaired) electrons. The third kappa shape index (κ3) is 2.05. The second-order valence-electron chi connectivity index (χ2n) is 3.65. The van der Waals surface area contributed by atoms with E-state index in [1.165, 1.54) is 0 Å². The minimum absolute atomic E-state index is 0.0948. The molecule has 0 aliphatic rings. The van der Waals surface area contributed by atoms with Crippen LogP contribution in [0, 0.1) is 17.5 Å². The highest BCUT2D eigenvalue weighted by molar-refractivity contribution is 5.86. The monoisotopic (exact) mass is 271 g/mol. The maximum absolute atomic E-state index is 13.6. The number of benzene rings is 1. The van der Waals surface area contributed by atoms with Gasteiger partial charge in [0.15, 0.2) is 23.1 Å². The molecule has 1 heterocycles. The molecule has 0 bridgehead atoms. The van der Waals surface area contributed by atoms with Crippen molar-refractivity contribution in [2.75, 3.05) is 0 Å². The first-order valence-electron chi connectivity index (χ1n) is 5.29. The maximum Gasteiger partial charge on any atom is 0.358 e. The molecule has 8 heteroatoms. The maximum atomic E-state index is 13.6. The second kappa shape index (κ2) is 4.71. The van der Waals surface area contributed by atoms with Gasteiger partial charge in [-0.1, -0.05) is 12.1 Å². The fourth-order valence-electron chi connectivity index (χ4n) is 1.66. The molecule has 2 rings (SSSR count). The summed E-state index contributed by atoms with van der Waals surface area (Å²) in [5.74, 6) is -5.76. The van der Waals surface area contributed by atoms with Crippen LogP contribution in [0.25, 0.3) is 5.69 Å². The SMILES string of the molecule is CCc1c(C(=O)O)nnn1-c1ccc(F)c(F)c1F. The molecule has 0 atom stereocenters. The van der Waals surface area contributed by atoms with Gasteiger partial charge in [-0.2, -0.15) is 0 Å². The summed E-state index contributed by atoms with van der Waals surface area (Å²) in [4.78, 5) is 10.9. The van der Waals surface area contributed by atoms with E-state index >= 15 is 0 Å². The van der Waals surface area contributed by atoms with Gasteiger partial charge in [-0.15, -0.1) is 5.10 Å². The zero-order valence-corrected chi connectivity index (χ0v) is 9.69. The van der Waals surface area contributed by atoms with E-state index in [-0.39, 0.29) is 17.8 Å². The van der Waals surface area contributed by atoms with Gasteiger partial charge in [-0.25, -0.2) is 22.6 Å². The molecule has 0 aliphatic carbocycles. The molecular weight excluding hydrogens is 263 g/mol. The van der Waals surface area contributed by atoms with Crippen molar-refractivity contribution in [1.29, 1.82) is 0 Å². The molecule has 0 amide bonds. The number of hydrogen-bond donors (Lipinski definition) is 1. The minimum Gasteiger partial charge on any atom is -0.476 e. The van der Waals surface area contributed by atoms with Gasteiger partial charge in [0.05, 0.1) is 5.69 Å². The van der Waals surface area contributed by atoms with E-state index in [2.05, 4.69) is 10.3 Å². The van der Waals surface area contributed by atoms with Crippen LogP contribution in [0.15, 0.2) is 12.1 Å². The third-order valence-electron chi connectivity index (χ3n) is 2.54. The van der Waals surface area contributed by atoms with E-state index in [9.17, 15) is 18.0 Å². The molecule has 1 aromatic carbocycles. The fourth-order valence-corrected chi connectivity index (χ4v) is 1.66. The number of hydrogen-bond acceptors (Lipinski definition) is 3. The number of rotatable bonds is 3. The Kier molecular flexibility index (Phi) is 3.24. The fraction of sp³-hybridized carbons (Fsp3) is 0.182. The Morgan fingerprint density at radius 3 is 2.58 bits per heavy atom. The van der Waals surface area contributed by atoms with Crippen LogP contribution < -0.4 is 0 Å². The second-order valence-corrected chi connectivity index (χ2v) is 3.65. The molecule has 0 unspecified atom stereocenters. The van der Waals surface area contributed by atoms with E-state index in [4.69, 9.17) is 5.11 Å². The Morgan fingerprint density at radius 2 is 2.00 bits per heavy atom. The predicted octanol–water partition coefficient (Wildman–Crippen LogP) is 1.95. The first-order valence-corrected chi connectivity index (χ1v) is 5.29. The highest BCUT2D eigenvalue weighted by atomic mass is 19.2. The van der Waals surface area contributed by atoms with Crippen molar-refractivity contribution in [1.82, 2.24) is 15.0 Å². The summed E-state index contributed by atoms with van der Waals surface area (Å²) in [6, 6.07) is 1.70. The van der Waals surface area contributed by atoms with Crippen LogP contribution in [0.3, 0.4) is 0 Å². The average Bonchev–Trinajstić information content (AvgIpc) is 2.80. The summed E-state index contributed by atoms with van der Waals surface area (Å²) in [5.41, 5.74) is -0.653. The van der Waals surface area contributed by atoms with Gasteiger partial charge >= 0.3 is 5.97 Å². The van der Waals surface area contributed by atoms with E-state index < -0.39 is 29.1 Å². The van der Waals surface area contributed by atoms with Crippen LogP contribution >= 0.6 is 0 Å². The Balaban J connectivity index is 2.66. The first kappa shape index (κ1) is 13.1. The van der Waals surface area contributed by atoms with Crippen molar-refractivity contribution in [2.45, 2.75) is 13.3 Å². The van der Waals surface area contributed by atoms with Crippen molar-refractivity contribution in [3.63, 3.8) is 0 Å². The van der Waals surface area contributed by atoms with Crippen molar-refractivity contribution >= 4 is 5.97 Å². The minimum atomic E-state index is -1.65. The summed E-state index contributed by atoms with van der Waals surface area (Å²) in [6.07, 6.45) is 0.188. The van der Waals surface area contributed by atoms with Crippen molar-refractivity contribution in [3.05, 3.63) is 41.0 Å². The number of aromatic nitrogens is 3. The summed E-state index contributed by atoms with van der Waals surface area (Å²) in [5, 5.41) is 15.7. The zero-order chi connectivity index (χ0) is 14.2. The standard InChI is InChI=1S/C11H8F3N3O2/c1-2-6-10(11(18)19)15-16-17(6)7-4-3-5(12)8(13)9(7)14/h3-4H,2H2,1H3,(H,18,19). The number of halogens is 3. The normalized spacial score (nSPS) is 10.7. The molecule has 0 fully saturated rings. The molecule has 19 heavy (non-hydrogen) atoms. The summed E-state index contributed by atoms with van der Waals surface area (Å²) in [7, 11) is 0. The van der Waals surface area contributed by atoms with Crippen molar-refractivity contribution in [2.24, 2.45) is 0 Å². The van der Waals surface area contributed by atoms with E-state index in [1.807, 2.05) is 0 Å². The number of nitrogens with zero attached hydrogens (tertiary/aromatic N) is 3. The van der Waals surface area contributed by atoms with Gasteiger partial charge in [-0.3, -0.25) is 0 Å². The molecular formula is C11H8F3N3O2. The molecule has 100 valence electrons. The molecule has 5 nitrogen and oxygen atoms in total. The molecule has 1 N–H and O–H groups in total. The number of aromatic carboxylic acids is 1. The predicted molar refractivity (Wildman–Crippen MR) is 57.6 cm³/mol. The van der Waals surface area contributed by atoms with Crippen LogP contribution in [0.4, 0.5) is 13.2 Å². The van der Waals surface area contributed by atoms with E-state index in [1.54, 1.807) is 6.92 Å². The largest absolute Gasteiger partial charge is 0.476 e. The smallest absolute Gasteiger partial charge is 0.358 e. The quantitative estimate of drug-likeness (QED) is 0.866. The average molecular weight is 271 g/mol. The Labute approximate surface area is 105 Å². The molecule has 0 spiro atoms. The van der Waals surface area contributed by atoms with Gasteiger partial charge in [0.2, 0.25) is 0 Å². The summed E-state index contributed by atoms with van der Waals surface area (Å²) >= 11 is 0. The van der Waals surface area contributed by atoms with Gasteiger partial charge in [-0.05, 0) is 18.6 Å². The molecule has 0 saturated heterocycles. The lowest BCUT2D eigenvalue weighted by Gasteiger charge is -2.07. The molecule has 0 saturated carbocycles. The lowest BCUT2D eigenvalue weighted by atomic mass is 10.2. The van der Waals surface area contributed by atoms with Gasteiger partial charge in [0.1, 0.15) is 5.69 Å². The number of carbonyl (C=O) groups is 1. The van der Waals surface area contributed by atoms with E-state index in [0.717, 1.165) is 16.8 Å². The van der Waals surface area contributed by atoms with Crippen LogP contribution in [0.5, 0.6) is 0 Å². The summed E-state index contributed by atoms with van der Waals surface area (Å²) < 4.78 is 40.5. The lowest BCUT2D eigenvalue weighted by molar-refractivity contribution is 0.0689. The molecule has 0 aliphatic heterocycles. The topological polar surface area (TPSA) is 68.0 Å². The van der Waals surface area contributed by atoms with E-state index in [0.29, 0.717) is 0 Å². The summed E-state index contributed by atoms with van der Waals surface area (Å²) in [6.45, 7) is 1.61. The molecule has 1 aromatic heterocycles. The van der Waals surface area contributed by atoms with Crippen molar-refractivity contribution in [3.8, 4) is 5.69 Å². The third-order valence-corrected chi connectivity index (χ3v) is 2.54. The Hall–Kier alpha value is -2.38. The highest BCUT2D eigenvalue weighted by Crippen LogP contribution is 2.21. The lowest BCUT2D eigenvalue weighted by Crippen LogP contribution is -2.09. The highest BCUT2D eigenvalue weighted by Gasteiger charge is 2.22. The Bertz CT molecular complexity index is 655. The van der Waals surface area contributed by atoms with Crippen LogP contribution in [0.2, 0.25) is 0 Å². The zero-order valence-electron chi connectivity index (χ0n) is 9.69. The molecule has 2 aromatic rings.